The highest BCUT2D eigenvalue weighted by atomic mass is 32.1. The van der Waals surface area contributed by atoms with E-state index < -0.39 is 5.82 Å². The number of nitrogens with one attached hydrogen (secondary N) is 1. The van der Waals surface area contributed by atoms with Crippen molar-refractivity contribution < 1.29 is 9.18 Å². The van der Waals surface area contributed by atoms with E-state index in [0.29, 0.717) is 6.54 Å². The number of rotatable bonds is 3. The first kappa shape index (κ1) is 11.5. The Morgan fingerprint density at radius 1 is 1.53 bits per heavy atom. The normalized spacial score (nSPS) is 10.2. The average Bonchev–Trinajstić information content (AvgIpc) is 2.78. The second-order valence-electron chi connectivity index (χ2n) is 3.39. The molecule has 0 atom stereocenters. The van der Waals surface area contributed by atoms with Crippen molar-refractivity contribution in [2.24, 2.45) is 0 Å². The largest absolute Gasteiger partial charge is 0.398 e. The minimum atomic E-state index is -0.460. The summed E-state index contributed by atoms with van der Waals surface area (Å²) in [4.78, 5) is 15.8. The van der Waals surface area contributed by atoms with E-state index in [0.717, 1.165) is 11.8 Å². The third kappa shape index (κ3) is 2.79. The van der Waals surface area contributed by atoms with Crippen LogP contribution in [0.25, 0.3) is 0 Å². The summed E-state index contributed by atoms with van der Waals surface area (Å²) in [5.74, 6) is -0.797. The summed E-state index contributed by atoms with van der Waals surface area (Å²) in [7, 11) is 0. The Labute approximate surface area is 101 Å². The Balaban J connectivity index is 2.04. The highest BCUT2D eigenvalue weighted by molar-refractivity contribution is 7.07. The third-order valence-electron chi connectivity index (χ3n) is 2.17. The van der Waals surface area contributed by atoms with Gasteiger partial charge in [-0.3, -0.25) is 4.79 Å². The van der Waals surface area contributed by atoms with Crippen LogP contribution in [0.2, 0.25) is 0 Å². The Kier molecular flexibility index (Phi) is 3.34. The second-order valence-corrected chi connectivity index (χ2v) is 4.11. The van der Waals surface area contributed by atoms with Crippen molar-refractivity contribution >= 4 is 22.9 Å². The molecule has 1 heterocycles. The predicted molar refractivity (Wildman–Crippen MR) is 64.1 cm³/mol. The molecule has 1 amide bonds. The van der Waals surface area contributed by atoms with Gasteiger partial charge < -0.3 is 11.1 Å². The van der Waals surface area contributed by atoms with Crippen LogP contribution in [0, 0.1) is 5.82 Å². The SMILES string of the molecule is Nc1cc(F)ccc1C(=O)NCc1cscn1. The average molecular weight is 251 g/mol. The van der Waals surface area contributed by atoms with Gasteiger partial charge in [0.05, 0.1) is 23.3 Å². The maximum atomic E-state index is 12.8. The molecule has 3 N–H and O–H groups in total. The molecule has 2 rings (SSSR count). The lowest BCUT2D eigenvalue weighted by molar-refractivity contribution is 0.0951. The molecule has 6 heteroatoms. The molecule has 0 aliphatic carbocycles. The lowest BCUT2D eigenvalue weighted by atomic mass is 10.1. The van der Waals surface area contributed by atoms with E-state index in [4.69, 9.17) is 5.73 Å². The molecule has 0 saturated carbocycles. The first-order valence-electron chi connectivity index (χ1n) is 4.87. The molecule has 1 aromatic heterocycles. The van der Waals surface area contributed by atoms with Gasteiger partial charge >= 0.3 is 0 Å². The van der Waals surface area contributed by atoms with E-state index in [2.05, 4.69) is 10.3 Å². The number of thiazole rings is 1. The number of amides is 1. The fourth-order valence-corrected chi connectivity index (χ4v) is 1.89. The van der Waals surface area contributed by atoms with Gasteiger partial charge in [-0.05, 0) is 18.2 Å². The third-order valence-corrected chi connectivity index (χ3v) is 2.81. The molecule has 0 aliphatic rings. The van der Waals surface area contributed by atoms with Gasteiger partial charge in [-0.1, -0.05) is 0 Å². The Bertz CT molecular complexity index is 528. The fraction of sp³-hybridized carbons (Fsp3) is 0.0909. The number of hydrogen-bond donors (Lipinski definition) is 2. The number of carbonyl (C=O) groups excluding carboxylic acids is 1. The molecule has 0 fully saturated rings. The van der Waals surface area contributed by atoms with Crippen molar-refractivity contribution in [2.45, 2.75) is 6.54 Å². The maximum absolute atomic E-state index is 12.8. The first-order valence-corrected chi connectivity index (χ1v) is 5.81. The Hall–Kier alpha value is -1.95. The van der Waals surface area contributed by atoms with Crippen LogP contribution in [0.1, 0.15) is 16.1 Å². The molecular weight excluding hydrogens is 241 g/mol. The highest BCUT2D eigenvalue weighted by Crippen LogP contribution is 2.13. The molecule has 0 spiro atoms. The van der Waals surface area contributed by atoms with E-state index in [1.54, 1.807) is 5.51 Å². The van der Waals surface area contributed by atoms with Gasteiger partial charge in [-0.15, -0.1) is 11.3 Å². The van der Waals surface area contributed by atoms with Crippen molar-refractivity contribution in [1.29, 1.82) is 0 Å². The van der Waals surface area contributed by atoms with Crippen LogP contribution in [0.5, 0.6) is 0 Å². The lowest BCUT2D eigenvalue weighted by Gasteiger charge is -2.06. The van der Waals surface area contributed by atoms with E-state index in [1.807, 2.05) is 5.38 Å². The summed E-state index contributed by atoms with van der Waals surface area (Å²) < 4.78 is 12.8. The molecule has 4 nitrogen and oxygen atoms in total. The number of benzene rings is 1. The molecule has 0 aliphatic heterocycles. The predicted octanol–water partition coefficient (Wildman–Crippen LogP) is 1.79. The minimum Gasteiger partial charge on any atom is -0.398 e. The molecule has 0 unspecified atom stereocenters. The summed E-state index contributed by atoms with van der Waals surface area (Å²) >= 11 is 1.46. The summed E-state index contributed by atoms with van der Waals surface area (Å²) in [6, 6.07) is 3.69. The number of nitrogens with zero attached hydrogens (tertiary/aromatic N) is 1. The molecule has 1 aromatic carbocycles. The summed E-state index contributed by atoms with van der Waals surface area (Å²) in [6.45, 7) is 0.332. The van der Waals surface area contributed by atoms with E-state index in [1.165, 1.54) is 23.5 Å². The zero-order chi connectivity index (χ0) is 12.3. The van der Waals surface area contributed by atoms with Gasteiger partial charge in [-0.25, -0.2) is 9.37 Å². The van der Waals surface area contributed by atoms with E-state index in [9.17, 15) is 9.18 Å². The summed E-state index contributed by atoms with van der Waals surface area (Å²) in [5.41, 5.74) is 8.42. The van der Waals surface area contributed by atoms with Crippen LogP contribution in [0.15, 0.2) is 29.1 Å². The van der Waals surface area contributed by atoms with Gasteiger partial charge in [0.15, 0.2) is 0 Å². The van der Waals surface area contributed by atoms with Crippen molar-refractivity contribution in [1.82, 2.24) is 10.3 Å². The first-order chi connectivity index (χ1) is 8.16. The molecule has 0 saturated heterocycles. The van der Waals surface area contributed by atoms with Gasteiger partial charge in [0.2, 0.25) is 0 Å². The topological polar surface area (TPSA) is 68.0 Å². The van der Waals surface area contributed by atoms with Crippen LogP contribution in [-0.2, 0) is 6.54 Å². The lowest BCUT2D eigenvalue weighted by Crippen LogP contribution is -2.24. The monoisotopic (exact) mass is 251 g/mol. The number of hydrogen-bond acceptors (Lipinski definition) is 4. The van der Waals surface area contributed by atoms with E-state index >= 15 is 0 Å². The summed E-state index contributed by atoms with van der Waals surface area (Å²) in [6.07, 6.45) is 0. The molecule has 0 radical (unpaired) electrons. The van der Waals surface area contributed by atoms with Gasteiger partial charge in [-0.2, -0.15) is 0 Å². The Morgan fingerprint density at radius 2 is 2.35 bits per heavy atom. The molecule has 88 valence electrons. The fourth-order valence-electron chi connectivity index (χ4n) is 1.33. The smallest absolute Gasteiger partial charge is 0.253 e. The van der Waals surface area contributed by atoms with Crippen LogP contribution in [0.4, 0.5) is 10.1 Å². The quantitative estimate of drug-likeness (QED) is 0.817. The minimum absolute atomic E-state index is 0.126. The van der Waals surface area contributed by atoms with Crippen molar-refractivity contribution in [3.05, 3.63) is 46.2 Å². The zero-order valence-electron chi connectivity index (χ0n) is 8.81. The second kappa shape index (κ2) is 4.92. The molecular formula is C11H10FN3OS. The van der Waals surface area contributed by atoms with Crippen molar-refractivity contribution in [3.63, 3.8) is 0 Å². The van der Waals surface area contributed by atoms with Crippen LogP contribution >= 0.6 is 11.3 Å². The van der Waals surface area contributed by atoms with Gasteiger partial charge in [0.25, 0.3) is 5.91 Å². The van der Waals surface area contributed by atoms with Crippen LogP contribution in [-0.4, -0.2) is 10.9 Å². The molecule has 2 aromatic rings. The Morgan fingerprint density at radius 3 is 3.00 bits per heavy atom. The van der Waals surface area contributed by atoms with Gasteiger partial charge in [0.1, 0.15) is 5.82 Å². The van der Waals surface area contributed by atoms with Crippen molar-refractivity contribution in [3.8, 4) is 0 Å². The molecule has 17 heavy (non-hydrogen) atoms. The number of carbonyl (C=O) groups is 1. The number of aromatic nitrogens is 1. The standard InChI is InChI=1S/C11H10FN3OS/c12-7-1-2-9(10(13)3-7)11(16)14-4-8-5-17-6-15-8/h1-3,5-6H,4,13H2,(H,14,16). The van der Waals surface area contributed by atoms with E-state index in [-0.39, 0.29) is 17.2 Å². The maximum Gasteiger partial charge on any atom is 0.253 e. The zero-order valence-corrected chi connectivity index (χ0v) is 9.63. The number of halogens is 1. The van der Waals surface area contributed by atoms with Crippen LogP contribution in [0.3, 0.4) is 0 Å². The number of anilines is 1. The van der Waals surface area contributed by atoms with Crippen LogP contribution < -0.4 is 11.1 Å². The summed E-state index contributed by atoms with van der Waals surface area (Å²) in [5, 5.41) is 4.51. The van der Waals surface area contributed by atoms with Crippen molar-refractivity contribution in [2.75, 3.05) is 5.73 Å². The number of nitrogen functional groups attached to an aromatic ring is 1. The molecule has 0 bridgehead atoms. The highest BCUT2D eigenvalue weighted by Gasteiger charge is 2.10. The van der Waals surface area contributed by atoms with Gasteiger partial charge in [0, 0.05) is 11.1 Å². The number of nitrogens with two attached hydrogens (primary N) is 1.